The van der Waals surface area contributed by atoms with E-state index in [1.807, 2.05) is 6.20 Å². The number of hydrogen-bond acceptors (Lipinski definition) is 5. The maximum atomic E-state index is 13.0. The molecule has 6 nitrogen and oxygen atoms in total. The molecular weight excluding hydrogens is 411 g/mol. The zero-order chi connectivity index (χ0) is 20.4. The van der Waals surface area contributed by atoms with E-state index in [-0.39, 0.29) is 11.8 Å². The van der Waals surface area contributed by atoms with Crippen LogP contribution in [0.4, 0.5) is 15.2 Å². The van der Waals surface area contributed by atoms with Gasteiger partial charge in [0.15, 0.2) is 10.9 Å². The number of aryl methyl sites for hydroxylation is 1. The molecule has 1 aliphatic rings. The lowest BCUT2D eigenvalue weighted by molar-refractivity contribution is 0.0601. The highest BCUT2D eigenvalue weighted by Gasteiger charge is 2.27. The number of nitrogens with zero attached hydrogens (tertiary/aromatic N) is 2. The molecule has 150 valence electrons. The number of thiophene rings is 1. The molecule has 4 rings (SSSR count). The van der Waals surface area contributed by atoms with Crippen LogP contribution in [0, 0.1) is 5.82 Å². The molecule has 0 fully saturated rings. The Morgan fingerprint density at radius 3 is 2.83 bits per heavy atom. The summed E-state index contributed by atoms with van der Waals surface area (Å²) < 4.78 is 19.7. The van der Waals surface area contributed by atoms with Gasteiger partial charge >= 0.3 is 5.97 Å². The number of fused-ring (bicyclic) bond motifs is 1. The van der Waals surface area contributed by atoms with E-state index in [1.165, 1.54) is 24.1 Å². The third-order valence-corrected chi connectivity index (χ3v) is 6.09. The van der Waals surface area contributed by atoms with Gasteiger partial charge in [0.2, 0.25) is 0 Å². The van der Waals surface area contributed by atoms with E-state index in [4.69, 9.17) is 17.0 Å². The average molecular weight is 431 g/mol. The zero-order valence-electron chi connectivity index (χ0n) is 15.7. The SMILES string of the molecule is COC(=O)c1c(NC(=S)Nc2ccn(Cc3ccc(F)cc3)n2)sc2c1CCC2. The lowest BCUT2D eigenvalue weighted by Crippen LogP contribution is -2.20. The molecule has 0 amide bonds. The first-order valence-corrected chi connectivity index (χ1v) is 10.3. The first-order chi connectivity index (χ1) is 14.0. The van der Waals surface area contributed by atoms with Gasteiger partial charge < -0.3 is 15.4 Å². The number of esters is 1. The predicted molar refractivity (Wildman–Crippen MR) is 115 cm³/mol. The second kappa shape index (κ2) is 8.30. The molecule has 1 aromatic carbocycles. The van der Waals surface area contributed by atoms with Gasteiger partial charge in [0.1, 0.15) is 10.8 Å². The second-order valence-electron chi connectivity index (χ2n) is 6.66. The predicted octanol–water partition coefficient (Wildman–Crippen LogP) is 4.22. The molecule has 0 saturated heterocycles. The Bertz CT molecular complexity index is 1060. The van der Waals surface area contributed by atoms with Crippen LogP contribution < -0.4 is 10.6 Å². The van der Waals surface area contributed by atoms with Gasteiger partial charge in [-0.05, 0) is 54.7 Å². The van der Waals surface area contributed by atoms with Crippen molar-refractivity contribution in [3.8, 4) is 0 Å². The van der Waals surface area contributed by atoms with Crippen LogP contribution in [-0.4, -0.2) is 28.0 Å². The average Bonchev–Trinajstić information content (AvgIpc) is 3.39. The van der Waals surface area contributed by atoms with Crippen molar-refractivity contribution in [1.82, 2.24) is 9.78 Å². The maximum Gasteiger partial charge on any atom is 0.341 e. The molecule has 2 N–H and O–H groups in total. The van der Waals surface area contributed by atoms with Crippen molar-refractivity contribution in [3.63, 3.8) is 0 Å². The van der Waals surface area contributed by atoms with E-state index >= 15 is 0 Å². The number of anilines is 2. The van der Waals surface area contributed by atoms with Crippen molar-refractivity contribution in [2.24, 2.45) is 0 Å². The standard InChI is InChI=1S/C20H19FN4O2S2/c1-27-19(26)17-14-3-2-4-15(14)29-18(17)23-20(28)22-16-9-10-25(24-16)11-12-5-7-13(21)8-6-12/h5-10H,2-4,11H2,1H3,(H2,22,23,24,28). The van der Waals surface area contributed by atoms with E-state index in [0.717, 1.165) is 30.4 Å². The molecule has 0 bridgehead atoms. The molecule has 29 heavy (non-hydrogen) atoms. The largest absolute Gasteiger partial charge is 0.465 e. The molecule has 0 radical (unpaired) electrons. The van der Waals surface area contributed by atoms with Crippen LogP contribution in [0.5, 0.6) is 0 Å². The van der Waals surface area contributed by atoms with Crippen LogP contribution in [0.2, 0.25) is 0 Å². The number of halogens is 1. The Morgan fingerprint density at radius 1 is 1.28 bits per heavy atom. The molecule has 9 heteroatoms. The molecule has 3 aromatic rings. The van der Waals surface area contributed by atoms with Crippen LogP contribution >= 0.6 is 23.6 Å². The number of carbonyl (C=O) groups excluding carboxylic acids is 1. The van der Waals surface area contributed by atoms with E-state index in [0.29, 0.717) is 28.0 Å². The molecule has 1 aliphatic carbocycles. The summed E-state index contributed by atoms with van der Waals surface area (Å²) in [5.74, 6) is -0.0366. The fraction of sp³-hybridized carbons (Fsp3) is 0.250. The lowest BCUT2D eigenvalue weighted by Gasteiger charge is -2.09. The van der Waals surface area contributed by atoms with Crippen molar-refractivity contribution in [3.05, 3.63) is 63.9 Å². The number of ether oxygens (including phenoxy) is 1. The summed E-state index contributed by atoms with van der Waals surface area (Å²) in [7, 11) is 1.38. The lowest BCUT2D eigenvalue weighted by atomic mass is 10.1. The van der Waals surface area contributed by atoms with Gasteiger partial charge in [0.05, 0.1) is 19.2 Å². The number of aromatic nitrogens is 2. The van der Waals surface area contributed by atoms with Gasteiger partial charge in [-0.25, -0.2) is 9.18 Å². The van der Waals surface area contributed by atoms with E-state index in [1.54, 1.807) is 34.2 Å². The molecule has 0 atom stereocenters. The van der Waals surface area contributed by atoms with Crippen molar-refractivity contribution in [1.29, 1.82) is 0 Å². The number of hydrogen-bond donors (Lipinski definition) is 2. The molecule has 0 spiro atoms. The van der Waals surface area contributed by atoms with Crippen LogP contribution in [-0.2, 0) is 24.1 Å². The van der Waals surface area contributed by atoms with Crippen LogP contribution in [0.1, 0.15) is 32.8 Å². The Balaban J connectivity index is 1.42. The van der Waals surface area contributed by atoms with Gasteiger partial charge in [-0.15, -0.1) is 11.3 Å². The van der Waals surface area contributed by atoms with Crippen molar-refractivity contribution in [2.75, 3.05) is 17.7 Å². The quantitative estimate of drug-likeness (QED) is 0.467. The molecule has 0 unspecified atom stereocenters. The molecule has 0 aliphatic heterocycles. The van der Waals surface area contributed by atoms with Crippen LogP contribution in [0.25, 0.3) is 0 Å². The minimum Gasteiger partial charge on any atom is -0.465 e. The van der Waals surface area contributed by atoms with Crippen LogP contribution in [0.15, 0.2) is 36.5 Å². The summed E-state index contributed by atoms with van der Waals surface area (Å²) >= 11 is 6.95. The number of methoxy groups -OCH3 is 1. The van der Waals surface area contributed by atoms with E-state index in [9.17, 15) is 9.18 Å². The summed E-state index contributed by atoms with van der Waals surface area (Å²) in [4.78, 5) is 13.4. The molecule has 0 saturated carbocycles. The summed E-state index contributed by atoms with van der Waals surface area (Å²) in [6.45, 7) is 0.520. The number of nitrogens with one attached hydrogen (secondary N) is 2. The molecular formula is C20H19FN4O2S2. The smallest absolute Gasteiger partial charge is 0.341 e. The van der Waals surface area contributed by atoms with Crippen molar-refractivity contribution >= 4 is 45.5 Å². The Labute approximate surface area is 176 Å². The summed E-state index contributed by atoms with van der Waals surface area (Å²) in [6.07, 6.45) is 4.72. The Hall–Kier alpha value is -2.78. The monoisotopic (exact) mass is 430 g/mol. The van der Waals surface area contributed by atoms with E-state index < -0.39 is 0 Å². The Kier molecular flexibility index (Phi) is 5.59. The number of rotatable bonds is 5. The molecule has 2 heterocycles. The highest BCUT2D eigenvalue weighted by molar-refractivity contribution is 7.80. The fourth-order valence-electron chi connectivity index (χ4n) is 3.35. The van der Waals surface area contributed by atoms with Gasteiger partial charge in [0, 0.05) is 17.1 Å². The summed E-state index contributed by atoms with van der Waals surface area (Å²) in [6, 6.07) is 8.09. The number of benzene rings is 1. The Morgan fingerprint density at radius 2 is 2.07 bits per heavy atom. The minimum absolute atomic E-state index is 0.265. The third kappa shape index (κ3) is 4.30. The fourth-order valence-corrected chi connectivity index (χ4v) is 4.91. The maximum absolute atomic E-state index is 13.0. The number of thiocarbonyl (C=S) groups is 1. The van der Waals surface area contributed by atoms with E-state index in [2.05, 4.69) is 15.7 Å². The topological polar surface area (TPSA) is 68.2 Å². The van der Waals surface area contributed by atoms with Gasteiger partial charge in [0.25, 0.3) is 0 Å². The first kappa shape index (κ1) is 19.5. The highest BCUT2D eigenvalue weighted by atomic mass is 32.1. The highest BCUT2D eigenvalue weighted by Crippen LogP contribution is 2.39. The van der Waals surface area contributed by atoms with Gasteiger partial charge in [-0.3, -0.25) is 4.68 Å². The minimum atomic E-state index is -0.349. The third-order valence-electron chi connectivity index (χ3n) is 4.68. The van der Waals surface area contributed by atoms with Crippen molar-refractivity contribution < 1.29 is 13.9 Å². The summed E-state index contributed by atoms with van der Waals surface area (Å²) in [5.41, 5.74) is 2.59. The van der Waals surface area contributed by atoms with Gasteiger partial charge in [-0.2, -0.15) is 5.10 Å². The first-order valence-electron chi connectivity index (χ1n) is 9.12. The van der Waals surface area contributed by atoms with Crippen LogP contribution in [0.3, 0.4) is 0 Å². The number of carbonyl (C=O) groups is 1. The van der Waals surface area contributed by atoms with Crippen molar-refractivity contribution in [2.45, 2.75) is 25.8 Å². The summed E-state index contributed by atoms with van der Waals surface area (Å²) in [5, 5.41) is 11.6. The van der Waals surface area contributed by atoms with Gasteiger partial charge in [-0.1, -0.05) is 12.1 Å². The normalized spacial score (nSPS) is 12.5. The zero-order valence-corrected chi connectivity index (χ0v) is 17.3. The molecule has 2 aromatic heterocycles. The second-order valence-corrected chi connectivity index (χ2v) is 8.17.